The third kappa shape index (κ3) is 5.62. The smallest absolute Gasteiger partial charge is 0.226 e. The first-order valence-electron chi connectivity index (χ1n) is 17.1. The molecule has 5 N–H and O–H groups in total. The van der Waals surface area contributed by atoms with E-state index in [1.54, 1.807) is 0 Å². The number of aliphatic imine (C=N–C) groups is 1. The van der Waals surface area contributed by atoms with Gasteiger partial charge in [-0.25, -0.2) is 4.98 Å². The number of hydrogen-bond acceptors (Lipinski definition) is 9. The monoisotopic (exact) mass is 611 g/mol. The maximum absolute atomic E-state index is 13.0. The molecular formula is C35H62N8O. The van der Waals surface area contributed by atoms with E-state index in [9.17, 15) is 5.11 Å². The van der Waals surface area contributed by atoms with E-state index in [4.69, 9.17) is 25.7 Å². The molecule has 44 heavy (non-hydrogen) atoms. The highest BCUT2D eigenvalue weighted by Gasteiger charge is 2.75. The van der Waals surface area contributed by atoms with Crippen LogP contribution < -0.4 is 16.4 Å². The van der Waals surface area contributed by atoms with Crippen molar-refractivity contribution in [3.63, 3.8) is 0 Å². The second kappa shape index (κ2) is 10.4. The Hall–Kier alpha value is -1.68. The van der Waals surface area contributed by atoms with Crippen LogP contribution >= 0.6 is 0 Å². The molecule has 5 unspecified atom stereocenters. The van der Waals surface area contributed by atoms with E-state index in [1.807, 2.05) is 0 Å². The molecule has 3 saturated heterocycles. The summed E-state index contributed by atoms with van der Waals surface area (Å²) in [7, 11) is 0. The molecule has 5 rings (SSSR count). The second-order valence-electron chi connectivity index (χ2n) is 18.6. The number of nitrogens with zero attached hydrogens (tertiary/aromatic N) is 5. The molecule has 9 nitrogen and oxygen atoms in total. The predicted molar refractivity (Wildman–Crippen MR) is 180 cm³/mol. The van der Waals surface area contributed by atoms with Crippen LogP contribution in [0.4, 0.5) is 5.95 Å². The number of piperidine rings is 2. The molecule has 0 aromatic carbocycles. The van der Waals surface area contributed by atoms with Crippen LogP contribution in [0, 0.1) is 5.41 Å². The van der Waals surface area contributed by atoms with Crippen molar-refractivity contribution >= 4 is 12.2 Å². The van der Waals surface area contributed by atoms with E-state index in [0.717, 1.165) is 51.5 Å². The first-order chi connectivity index (χ1) is 19.9. The quantitative estimate of drug-likeness (QED) is 0.314. The topological polar surface area (TPSA) is 125 Å². The molecule has 0 aliphatic carbocycles. The van der Waals surface area contributed by atoms with Crippen LogP contribution in [0.15, 0.2) is 4.99 Å². The first-order valence-corrected chi connectivity index (χ1v) is 17.1. The molecule has 4 bridgehead atoms. The van der Waals surface area contributed by atoms with Gasteiger partial charge in [-0.1, -0.05) is 40.0 Å². The van der Waals surface area contributed by atoms with E-state index in [0.29, 0.717) is 24.0 Å². The van der Waals surface area contributed by atoms with Crippen LogP contribution in [0.1, 0.15) is 152 Å². The van der Waals surface area contributed by atoms with Gasteiger partial charge in [0, 0.05) is 28.4 Å². The molecular weight excluding hydrogens is 548 g/mol. The van der Waals surface area contributed by atoms with Gasteiger partial charge in [-0.15, -0.1) is 0 Å². The lowest BCUT2D eigenvalue weighted by atomic mass is 9.52. The summed E-state index contributed by atoms with van der Waals surface area (Å²) in [6, 6.07) is 0.172. The molecule has 3 fully saturated rings. The molecule has 9 heteroatoms. The molecule has 0 spiro atoms. The molecule has 5 heterocycles. The van der Waals surface area contributed by atoms with Gasteiger partial charge in [0.25, 0.3) is 0 Å². The molecule has 0 amide bonds. The van der Waals surface area contributed by atoms with Gasteiger partial charge in [-0.2, -0.15) is 9.97 Å². The highest BCUT2D eigenvalue weighted by Crippen LogP contribution is 2.62. The van der Waals surface area contributed by atoms with E-state index >= 15 is 0 Å². The van der Waals surface area contributed by atoms with E-state index in [2.05, 4.69) is 105 Å². The molecule has 0 radical (unpaired) electrons. The largest absolute Gasteiger partial charge is 0.386 e. The maximum Gasteiger partial charge on any atom is 0.226 e. The number of nitrogens with one attached hydrogen (secondary N) is 2. The number of aromatic nitrogens is 3. The van der Waals surface area contributed by atoms with Crippen molar-refractivity contribution in [2.45, 2.75) is 185 Å². The van der Waals surface area contributed by atoms with Gasteiger partial charge in [0.05, 0.1) is 17.5 Å². The van der Waals surface area contributed by atoms with Crippen LogP contribution in [-0.4, -0.2) is 77.1 Å². The van der Waals surface area contributed by atoms with Gasteiger partial charge in [0.15, 0.2) is 5.82 Å². The van der Waals surface area contributed by atoms with Crippen molar-refractivity contribution in [1.29, 1.82) is 0 Å². The summed E-state index contributed by atoms with van der Waals surface area (Å²) in [6.07, 6.45) is 9.79. The molecule has 1 aromatic heterocycles. The zero-order valence-electron chi connectivity index (χ0n) is 29.9. The van der Waals surface area contributed by atoms with Gasteiger partial charge in [0.1, 0.15) is 17.0 Å². The number of anilines is 1. The average molecular weight is 611 g/mol. The summed E-state index contributed by atoms with van der Waals surface area (Å²) in [5.74, 6) is 1.30. The Kier molecular flexibility index (Phi) is 7.97. The lowest BCUT2D eigenvalue weighted by Gasteiger charge is -2.67. The zero-order chi connectivity index (χ0) is 32.8. The Bertz CT molecular complexity index is 1270. The highest BCUT2D eigenvalue weighted by atomic mass is 16.3. The summed E-state index contributed by atoms with van der Waals surface area (Å²) in [5, 5.41) is 20.5. The first kappa shape index (κ1) is 33.7. The SMILES string of the molecule is CC(C)(C)CC(C)(C)Nc1nc2nc(n1)C1(N)C2C(C)(C=NC2CC(C)(C)NC(C)(C)C2)N2CCCCCCC1(O)C2(C)C. The number of hydrogen-bond donors (Lipinski definition) is 4. The standard InChI is InChI=1S/C35H62N8O/c1-28(2,3)21-31(8,9)41-27-39-25-24-33(12,22-37-23-19-29(4,5)42-30(6,7)20-23)43-18-16-14-13-15-17-34(44,32(43,10)11)35(24,36)26(38-25)40-27/h22-24,42,44H,13-21,36H2,1-12H3,(H,38,39,40,41). The molecule has 0 saturated carbocycles. The van der Waals surface area contributed by atoms with E-state index < -0.39 is 28.1 Å². The summed E-state index contributed by atoms with van der Waals surface area (Å²) in [4.78, 5) is 23.0. The zero-order valence-corrected chi connectivity index (χ0v) is 29.9. The summed E-state index contributed by atoms with van der Waals surface area (Å²) in [6.45, 7) is 27.7. The van der Waals surface area contributed by atoms with Crippen molar-refractivity contribution in [1.82, 2.24) is 25.2 Å². The van der Waals surface area contributed by atoms with Gasteiger partial charge in [-0.05, 0) is 106 Å². The number of aliphatic hydroxyl groups is 1. The molecule has 4 aliphatic rings. The average Bonchev–Trinajstić information content (AvgIpc) is 3.05. The fraction of sp³-hybridized carbons (Fsp3) is 0.886. The van der Waals surface area contributed by atoms with E-state index in [1.165, 1.54) is 0 Å². The Morgan fingerprint density at radius 1 is 0.955 bits per heavy atom. The highest BCUT2D eigenvalue weighted by molar-refractivity contribution is 5.74. The van der Waals surface area contributed by atoms with Crippen LogP contribution in [0.2, 0.25) is 0 Å². The van der Waals surface area contributed by atoms with Crippen molar-refractivity contribution in [3.8, 4) is 0 Å². The molecule has 1 aromatic rings. The summed E-state index contributed by atoms with van der Waals surface area (Å²) in [5.41, 5.74) is 3.76. The predicted octanol–water partition coefficient (Wildman–Crippen LogP) is 5.68. The number of fused-ring (bicyclic) bond motifs is 8. The Morgan fingerprint density at radius 2 is 1.57 bits per heavy atom. The summed E-state index contributed by atoms with van der Waals surface area (Å²) < 4.78 is 0. The van der Waals surface area contributed by atoms with Crippen molar-refractivity contribution in [2.75, 3.05) is 11.9 Å². The minimum absolute atomic E-state index is 0.0136. The van der Waals surface area contributed by atoms with Gasteiger partial charge < -0.3 is 21.5 Å². The minimum Gasteiger partial charge on any atom is -0.386 e. The molecule has 5 atom stereocenters. The number of nitrogens with two attached hydrogens (primary N) is 1. The van der Waals surface area contributed by atoms with Gasteiger partial charge >= 0.3 is 0 Å². The number of rotatable bonds is 5. The molecule has 248 valence electrons. The van der Waals surface area contributed by atoms with Crippen molar-refractivity contribution < 1.29 is 5.11 Å². The Labute approximate surface area is 267 Å². The third-order valence-corrected chi connectivity index (χ3v) is 11.1. The Morgan fingerprint density at radius 3 is 2.18 bits per heavy atom. The maximum atomic E-state index is 13.0. The van der Waals surface area contributed by atoms with Crippen molar-refractivity contribution in [3.05, 3.63) is 11.6 Å². The molecule has 4 aliphatic heterocycles. The lowest BCUT2D eigenvalue weighted by Crippen LogP contribution is -2.83. The van der Waals surface area contributed by atoms with Crippen molar-refractivity contribution in [2.24, 2.45) is 16.1 Å². The van der Waals surface area contributed by atoms with Gasteiger partial charge in [0.2, 0.25) is 5.95 Å². The second-order valence-corrected chi connectivity index (χ2v) is 18.6. The summed E-state index contributed by atoms with van der Waals surface area (Å²) >= 11 is 0. The van der Waals surface area contributed by atoms with Gasteiger partial charge in [-0.3, -0.25) is 9.89 Å². The Balaban J connectivity index is 1.65. The fourth-order valence-electron chi connectivity index (χ4n) is 10.2. The lowest BCUT2D eigenvalue weighted by molar-refractivity contribution is -0.216. The fourth-order valence-corrected chi connectivity index (χ4v) is 10.2. The third-order valence-electron chi connectivity index (χ3n) is 11.1. The van der Waals surface area contributed by atoms with E-state index in [-0.39, 0.29) is 28.1 Å². The van der Waals surface area contributed by atoms with Crippen LogP contribution in [-0.2, 0) is 5.54 Å². The minimum atomic E-state index is -1.27. The van der Waals surface area contributed by atoms with Crippen LogP contribution in [0.25, 0.3) is 0 Å². The van der Waals surface area contributed by atoms with Crippen LogP contribution in [0.3, 0.4) is 0 Å². The van der Waals surface area contributed by atoms with Crippen LogP contribution in [0.5, 0.6) is 0 Å². The normalized spacial score (nSPS) is 36.8.